The maximum atomic E-state index is 11.9. The van der Waals surface area contributed by atoms with Crippen LogP contribution in [0.25, 0.3) is 0 Å². The van der Waals surface area contributed by atoms with Crippen molar-refractivity contribution in [2.45, 2.75) is 13.3 Å². The van der Waals surface area contributed by atoms with Crippen molar-refractivity contribution in [1.82, 2.24) is 14.9 Å². The molecular weight excluding hydrogens is 218 g/mol. The van der Waals surface area contributed by atoms with Gasteiger partial charge in [0.2, 0.25) is 0 Å². The van der Waals surface area contributed by atoms with Gasteiger partial charge in [-0.15, -0.1) is 0 Å². The molecule has 17 heavy (non-hydrogen) atoms. The summed E-state index contributed by atoms with van der Waals surface area (Å²) in [5.41, 5.74) is 0.281. The highest BCUT2D eigenvalue weighted by Gasteiger charge is 2.13. The van der Waals surface area contributed by atoms with Crippen LogP contribution in [-0.2, 0) is 0 Å². The number of rotatable bonds is 5. The zero-order chi connectivity index (χ0) is 12.7. The van der Waals surface area contributed by atoms with Gasteiger partial charge in [0, 0.05) is 20.1 Å². The Morgan fingerprint density at radius 3 is 3.00 bits per heavy atom. The summed E-state index contributed by atoms with van der Waals surface area (Å²) in [5.74, 6) is 0.347. The van der Waals surface area contributed by atoms with Gasteiger partial charge < -0.3 is 10.2 Å². The molecule has 0 aliphatic carbocycles. The molecule has 6 nitrogen and oxygen atoms in total. The number of nitrogens with zero attached hydrogens (tertiary/aromatic N) is 4. The van der Waals surface area contributed by atoms with E-state index >= 15 is 0 Å². The van der Waals surface area contributed by atoms with Crippen LogP contribution in [0.2, 0.25) is 0 Å². The lowest BCUT2D eigenvalue weighted by atomic mass is 10.3. The number of aromatic nitrogens is 2. The topological polar surface area (TPSA) is 81.9 Å². The van der Waals surface area contributed by atoms with E-state index in [1.807, 2.05) is 13.0 Å². The molecule has 0 aliphatic rings. The summed E-state index contributed by atoms with van der Waals surface area (Å²) in [6.07, 6.45) is 3.30. The van der Waals surface area contributed by atoms with E-state index in [9.17, 15) is 4.79 Å². The van der Waals surface area contributed by atoms with Crippen LogP contribution < -0.4 is 5.32 Å². The predicted molar refractivity (Wildman–Crippen MR) is 63.4 cm³/mol. The monoisotopic (exact) mass is 233 g/mol. The molecule has 1 rings (SSSR count). The Hall–Kier alpha value is -2.16. The summed E-state index contributed by atoms with van der Waals surface area (Å²) in [7, 11) is 1.64. The Morgan fingerprint density at radius 1 is 1.59 bits per heavy atom. The Bertz CT molecular complexity index is 426. The van der Waals surface area contributed by atoms with Gasteiger partial charge in [0.05, 0.1) is 24.9 Å². The van der Waals surface area contributed by atoms with E-state index in [0.29, 0.717) is 18.8 Å². The molecule has 0 bridgehead atoms. The SMILES string of the molecule is CCNc1cncc(C(=O)N(C)CCC#N)n1. The summed E-state index contributed by atoms with van der Waals surface area (Å²) < 4.78 is 0. The number of anilines is 1. The van der Waals surface area contributed by atoms with Crippen LogP contribution >= 0.6 is 0 Å². The molecule has 0 unspecified atom stereocenters. The average molecular weight is 233 g/mol. The second-order valence-electron chi connectivity index (χ2n) is 3.45. The molecule has 90 valence electrons. The van der Waals surface area contributed by atoms with Crippen molar-refractivity contribution < 1.29 is 4.79 Å². The maximum Gasteiger partial charge on any atom is 0.273 e. The molecule has 0 atom stereocenters. The second kappa shape index (κ2) is 6.43. The van der Waals surface area contributed by atoms with E-state index in [0.717, 1.165) is 6.54 Å². The number of nitrogens with one attached hydrogen (secondary N) is 1. The number of amides is 1. The van der Waals surface area contributed by atoms with Gasteiger partial charge in [-0.3, -0.25) is 9.78 Å². The number of carbonyl (C=O) groups excluding carboxylic acids is 1. The summed E-state index contributed by atoms with van der Waals surface area (Å²) in [6.45, 7) is 3.05. The summed E-state index contributed by atoms with van der Waals surface area (Å²) in [6, 6.07) is 1.99. The van der Waals surface area contributed by atoms with E-state index in [4.69, 9.17) is 5.26 Å². The van der Waals surface area contributed by atoms with Crippen LogP contribution in [-0.4, -0.2) is 40.9 Å². The zero-order valence-electron chi connectivity index (χ0n) is 9.97. The first-order valence-electron chi connectivity index (χ1n) is 5.37. The third kappa shape index (κ3) is 3.72. The molecule has 1 N–H and O–H groups in total. The summed E-state index contributed by atoms with van der Waals surface area (Å²) in [4.78, 5) is 21.4. The van der Waals surface area contributed by atoms with Crippen LogP contribution in [0.5, 0.6) is 0 Å². The molecule has 0 aliphatic heterocycles. The molecular formula is C11H15N5O. The Labute approximate surface area is 100 Å². The van der Waals surface area contributed by atoms with Crippen molar-refractivity contribution in [2.24, 2.45) is 0 Å². The summed E-state index contributed by atoms with van der Waals surface area (Å²) >= 11 is 0. The fraction of sp³-hybridized carbons (Fsp3) is 0.455. The highest BCUT2D eigenvalue weighted by molar-refractivity contribution is 5.92. The normalized spacial score (nSPS) is 9.47. The van der Waals surface area contributed by atoms with Gasteiger partial charge in [-0.2, -0.15) is 5.26 Å². The van der Waals surface area contributed by atoms with Crippen molar-refractivity contribution in [3.63, 3.8) is 0 Å². The van der Waals surface area contributed by atoms with Crippen molar-refractivity contribution in [1.29, 1.82) is 5.26 Å². The number of carbonyl (C=O) groups is 1. The minimum atomic E-state index is -0.229. The fourth-order valence-corrected chi connectivity index (χ4v) is 1.25. The molecule has 1 aromatic heterocycles. The zero-order valence-corrected chi connectivity index (χ0v) is 9.97. The molecule has 0 radical (unpaired) electrons. The van der Waals surface area contributed by atoms with Gasteiger partial charge in [0.25, 0.3) is 5.91 Å². The first kappa shape index (κ1) is 12.9. The number of hydrogen-bond acceptors (Lipinski definition) is 5. The standard InChI is InChI=1S/C11H15N5O/c1-3-14-10-8-13-7-9(15-10)11(17)16(2)6-4-5-12/h7-8H,3-4,6H2,1-2H3,(H,14,15). The minimum absolute atomic E-state index is 0.229. The molecule has 1 amide bonds. The van der Waals surface area contributed by atoms with Gasteiger partial charge in [-0.25, -0.2) is 4.98 Å². The molecule has 0 saturated carbocycles. The van der Waals surface area contributed by atoms with E-state index < -0.39 is 0 Å². The third-order valence-corrected chi connectivity index (χ3v) is 2.12. The van der Waals surface area contributed by atoms with Crippen LogP contribution in [0.1, 0.15) is 23.8 Å². The predicted octanol–water partition coefficient (Wildman–Crippen LogP) is 0.894. The van der Waals surface area contributed by atoms with E-state index in [1.165, 1.54) is 11.1 Å². The van der Waals surface area contributed by atoms with Crippen molar-refractivity contribution in [2.75, 3.05) is 25.5 Å². The largest absolute Gasteiger partial charge is 0.369 e. The average Bonchev–Trinajstić information content (AvgIpc) is 2.35. The molecule has 0 fully saturated rings. The Balaban J connectivity index is 2.74. The van der Waals surface area contributed by atoms with Crippen molar-refractivity contribution in [3.05, 3.63) is 18.1 Å². The van der Waals surface area contributed by atoms with Gasteiger partial charge >= 0.3 is 0 Å². The van der Waals surface area contributed by atoms with E-state index in [-0.39, 0.29) is 11.6 Å². The molecule has 0 spiro atoms. The first-order valence-corrected chi connectivity index (χ1v) is 5.37. The highest BCUT2D eigenvalue weighted by atomic mass is 16.2. The third-order valence-electron chi connectivity index (χ3n) is 2.12. The highest BCUT2D eigenvalue weighted by Crippen LogP contribution is 2.04. The maximum absolute atomic E-state index is 11.9. The lowest BCUT2D eigenvalue weighted by Gasteiger charge is -2.14. The lowest BCUT2D eigenvalue weighted by Crippen LogP contribution is -2.28. The van der Waals surface area contributed by atoms with Crippen molar-refractivity contribution in [3.8, 4) is 6.07 Å². The second-order valence-corrected chi connectivity index (χ2v) is 3.45. The van der Waals surface area contributed by atoms with Gasteiger partial charge in [0.1, 0.15) is 11.5 Å². The number of hydrogen-bond donors (Lipinski definition) is 1. The van der Waals surface area contributed by atoms with Crippen LogP contribution in [0.3, 0.4) is 0 Å². The molecule has 1 heterocycles. The molecule has 0 aromatic carbocycles. The fourth-order valence-electron chi connectivity index (χ4n) is 1.25. The minimum Gasteiger partial charge on any atom is -0.369 e. The Morgan fingerprint density at radius 2 is 2.35 bits per heavy atom. The number of nitriles is 1. The molecule has 6 heteroatoms. The van der Waals surface area contributed by atoms with Gasteiger partial charge in [-0.05, 0) is 6.92 Å². The van der Waals surface area contributed by atoms with Crippen LogP contribution in [0.15, 0.2) is 12.4 Å². The molecule has 0 saturated heterocycles. The first-order chi connectivity index (χ1) is 8.19. The smallest absolute Gasteiger partial charge is 0.273 e. The van der Waals surface area contributed by atoms with Crippen molar-refractivity contribution >= 4 is 11.7 Å². The quantitative estimate of drug-likeness (QED) is 0.816. The Kier molecular flexibility index (Phi) is 4.88. The van der Waals surface area contributed by atoms with Crippen LogP contribution in [0.4, 0.5) is 5.82 Å². The van der Waals surface area contributed by atoms with Gasteiger partial charge in [-0.1, -0.05) is 0 Å². The van der Waals surface area contributed by atoms with Gasteiger partial charge in [0.15, 0.2) is 0 Å². The van der Waals surface area contributed by atoms with E-state index in [2.05, 4.69) is 15.3 Å². The van der Waals surface area contributed by atoms with Crippen LogP contribution in [0, 0.1) is 11.3 Å². The lowest BCUT2D eigenvalue weighted by molar-refractivity contribution is 0.0792. The van der Waals surface area contributed by atoms with E-state index in [1.54, 1.807) is 13.2 Å². The summed E-state index contributed by atoms with van der Waals surface area (Å²) in [5, 5.41) is 11.4. The molecule has 1 aromatic rings.